The first-order valence-corrected chi connectivity index (χ1v) is 13.9. The molecular weight excluding hydrogens is 420 g/mol. The Labute approximate surface area is 188 Å². The van der Waals surface area contributed by atoms with E-state index in [9.17, 15) is 8.76 Å². The summed E-state index contributed by atoms with van der Waals surface area (Å²) in [4.78, 5) is 0.463. The Morgan fingerprint density at radius 3 is 2.03 bits per heavy atom. The van der Waals surface area contributed by atoms with E-state index in [1.165, 1.54) is 10.4 Å². The Morgan fingerprint density at radius 2 is 1.52 bits per heavy atom. The summed E-state index contributed by atoms with van der Waals surface area (Å²) in [6, 6.07) is 27.0. The first-order valence-electron chi connectivity index (χ1n) is 10.9. The maximum Gasteiger partial charge on any atom is 0.261 e. The SMILES string of the molecule is CC(C)(C)[Si](OC1CCCc2cc(S(=O)O)ccc21)(c1ccccc1)c1ccccc1. The van der Waals surface area contributed by atoms with E-state index in [1.54, 1.807) is 6.07 Å². The van der Waals surface area contributed by atoms with E-state index in [1.807, 2.05) is 12.1 Å². The van der Waals surface area contributed by atoms with Gasteiger partial charge in [0, 0.05) is 0 Å². The molecule has 0 saturated heterocycles. The third-order valence-electron chi connectivity index (χ3n) is 6.31. The molecule has 0 bridgehead atoms. The summed E-state index contributed by atoms with van der Waals surface area (Å²) in [5.41, 5.74) is 2.29. The van der Waals surface area contributed by atoms with E-state index in [0.29, 0.717) is 4.90 Å². The zero-order chi connectivity index (χ0) is 22.1. The van der Waals surface area contributed by atoms with Gasteiger partial charge < -0.3 is 8.98 Å². The average molecular weight is 451 g/mol. The van der Waals surface area contributed by atoms with Gasteiger partial charge in [0.2, 0.25) is 0 Å². The van der Waals surface area contributed by atoms with Crippen molar-refractivity contribution < 1.29 is 13.2 Å². The van der Waals surface area contributed by atoms with Crippen molar-refractivity contribution in [1.29, 1.82) is 0 Å². The maximum absolute atomic E-state index is 11.6. The first kappa shape index (κ1) is 22.2. The van der Waals surface area contributed by atoms with Crippen LogP contribution in [0.3, 0.4) is 0 Å². The number of hydrogen-bond acceptors (Lipinski definition) is 2. The molecule has 31 heavy (non-hydrogen) atoms. The molecule has 0 amide bonds. The van der Waals surface area contributed by atoms with Crippen molar-refractivity contribution in [2.24, 2.45) is 0 Å². The van der Waals surface area contributed by atoms with Crippen molar-refractivity contribution in [3.8, 4) is 0 Å². The van der Waals surface area contributed by atoms with E-state index in [0.717, 1.165) is 30.4 Å². The van der Waals surface area contributed by atoms with E-state index in [2.05, 4.69) is 81.4 Å². The van der Waals surface area contributed by atoms with Crippen LogP contribution in [0.25, 0.3) is 0 Å². The number of aryl methyl sites for hydroxylation is 1. The second-order valence-electron chi connectivity index (χ2n) is 9.27. The molecule has 0 saturated carbocycles. The van der Waals surface area contributed by atoms with Crippen LogP contribution in [0.1, 0.15) is 50.8 Å². The van der Waals surface area contributed by atoms with Crippen molar-refractivity contribution >= 4 is 29.8 Å². The lowest BCUT2D eigenvalue weighted by atomic mass is 9.90. The molecular formula is C26H30O3SSi. The van der Waals surface area contributed by atoms with Gasteiger partial charge in [-0.2, -0.15) is 0 Å². The van der Waals surface area contributed by atoms with Gasteiger partial charge in [0.1, 0.15) is 0 Å². The Hall–Kier alpha value is -2.05. The van der Waals surface area contributed by atoms with Crippen molar-refractivity contribution in [1.82, 2.24) is 0 Å². The summed E-state index contributed by atoms with van der Waals surface area (Å²) in [5.74, 6) is 0. The third-order valence-corrected chi connectivity index (χ3v) is 12.0. The molecule has 4 rings (SSSR count). The molecule has 3 aromatic carbocycles. The van der Waals surface area contributed by atoms with E-state index >= 15 is 0 Å². The van der Waals surface area contributed by atoms with Crippen LogP contribution in [0.15, 0.2) is 83.8 Å². The van der Waals surface area contributed by atoms with Crippen LogP contribution in [0.2, 0.25) is 5.04 Å². The summed E-state index contributed by atoms with van der Waals surface area (Å²) in [6.45, 7) is 6.88. The van der Waals surface area contributed by atoms with Crippen molar-refractivity contribution in [3.05, 3.63) is 90.0 Å². The number of rotatable bonds is 5. The highest BCUT2D eigenvalue weighted by Crippen LogP contribution is 2.43. The topological polar surface area (TPSA) is 46.5 Å². The van der Waals surface area contributed by atoms with Crippen molar-refractivity contribution in [2.45, 2.75) is 56.1 Å². The minimum atomic E-state index is -2.65. The maximum atomic E-state index is 11.6. The summed E-state index contributed by atoms with van der Waals surface area (Å²) in [6.07, 6.45) is 2.86. The molecule has 0 radical (unpaired) electrons. The summed E-state index contributed by atoms with van der Waals surface area (Å²) in [7, 11) is -2.65. The molecule has 162 valence electrons. The van der Waals surface area contributed by atoms with Crippen LogP contribution in [0, 0.1) is 0 Å². The molecule has 5 heteroatoms. The Bertz CT molecular complexity index is 1020. The van der Waals surface area contributed by atoms with Crippen molar-refractivity contribution in [2.75, 3.05) is 0 Å². The largest absolute Gasteiger partial charge is 0.400 e. The quantitative estimate of drug-likeness (QED) is 0.428. The van der Waals surface area contributed by atoms with Gasteiger partial charge in [-0.15, -0.1) is 0 Å². The predicted molar refractivity (Wildman–Crippen MR) is 130 cm³/mol. The molecule has 1 N–H and O–H groups in total. The third kappa shape index (κ3) is 4.20. The summed E-state index contributed by atoms with van der Waals surface area (Å²) >= 11 is -1.96. The van der Waals surface area contributed by atoms with Crippen LogP contribution in [-0.4, -0.2) is 17.1 Å². The molecule has 0 heterocycles. The molecule has 2 unspecified atom stereocenters. The lowest BCUT2D eigenvalue weighted by Gasteiger charge is -2.46. The standard InChI is InChI=1S/C26H30O3SSi/c1-26(2,3)31(22-12-6-4-7-13-22,23-14-8-5-9-15-23)29-25-16-10-11-20-19-21(30(27)28)17-18-24(20)25/h4-9,12-15,17-19,25H,10-11,16H2,1-3H3,(H,27,28). The molecule has 0 aliphatic heterocycles. The van der Waals surface area contributed by atoms with Gasteiger partial charge in [0.25, 0.3) is 8.32 Å². The van der Waals surface area contributed by atoms with Gasteiger partial charge in [0.15, 0.2) is 11.1 Å². The van der Waals surface area contributed by atoms with Gasteiger partial charge in [-0.25, -0.2) is 4.21 Å². The Balaban J connectivity index is 1.87. The Morgan fingerprint density at radius 1 is 0.935 bits per heavy atom. The molecule has 1 aliphatic rings. The molecule has 3 nitrogen and oxygen atoms in total. The number of benzene rings is 3. The fourth-order valence-corrected chi connectivity index (χ4v) is 10.00. The van der Waals surface area contributed by atoms with E-state index in [-0.39, 0.29) is 11.1 Å². The van der Waals surface area contributed by atoms with Crippen LogP contribution < -0.4 is 10.4 Å². The van der Waals surface area contributed by atoms with Gasteiger partial charge in [-0.1, -0.05) is 87.5 Å². The minimum absolute atomic E-state index is 0.0313. The summed E-state index contributed by atoms with van der Waals surface area (Å²) in [5, 5.41) is 2.46. The zero-order valence-corrected chi connectivity index (χ0v) is 20.2. The highest BCUT2D eigenvalue weighted by molar-refractivity contribution is 7.79. The monoisotopic (exact) mass is 450 g/mol. The average Bonchev–Trinajstić information content (AvgIpc) is 2.77. The molecule has 1 aliphatic carbocycles. The van der Waals surface area contributed by atoms with E-state index in [4.69, 9.17) is 4.43 Å². The predicted octanol–water partition coefficient (Wildman–Crippen LogP) is 5.22. The lowest BCUT2D eigenvalue weighted by Crippen LogP contribution is -2.67. The lowest BCUT2D eigenvalue weighted by molar-refractivity contribution is 0.169. The Kier molecular flexibility index (Phi) is 6.31. The minimum Gasteiger partial charge on any atom is -0.400 e. The van der Waals surface area contributed by atoms with Crippen LogP contribution in [-0.2, 0) is 21.9 Å². The fraction of sp³-hybridized carbons (Fsp3) is 0.308. The first-order chi connectivity index (χ1) is 14.8. The molecule has 0 aromatic heterocycles. The zero-order valence-electron chi connectivity index (χ0n) is 18.4. The van der Waals surface area contributed by atoms with Gasteiger partial charge >= 0.3 is 0 Å². The van der Waals surface area contributed by atoms with E-state index < -0.39 is 19.4 Å². The molecule has 3 aromatic rings. The second kappa shape index (κ2) is 8.83. The van der Waals surface area contributed by atoms with Gasteiger partial charge in [-0.05, 0) is 57.9 Å². The number of fused-ring (bicyclic) bond motifs is 1. The molecule has 0 fully saturated rings. The second-order valence-corrected chi connectivity index (χ2v) is 14.5. The highest BCUT2D eigenvalue weighted by Gasteiger charge is 2.51. The smallest absolute Gasteiger partial charge is 0.261 e. The van der Waals surface area contributed by atoms with Crippen LogP contribution >= 0.6 is 0 Å². The highest BCUT2D eigenvalue weighted by atomic mass is 32.2. The fourth-order valence-electron chi connectivity index (χ4n) is 4.88. The number of hydrogen-bond donors (Lipinski definition) is 1. The molecule has 0 spiro atoms. The molecule has 2 atom stereocenters. The summed E-state index contributed by atoms with van der Waals surface area (Å²) < 4.78 is 28.5. The van der Waals surface area contributed by atoms with Crippen molar-refractivity contribution in [3.63, 3.8) is 0 Å². The van der Waals surface area contributed by atoms with Gasteiger partial charge in [-0.3, -0.25) is 0 Å². The van der Waals surface area contributed by atoms with Crippen LogP contribution in [0.4, 0.5) is 0 Å². The van der Waals surface area contributed by atoms with Gasteiger partial charge in [0.05, 0.1) is 11.0 Å². The van der Waals surface area contributed by atoms with Crippen LogP contribution in [0.5, 0.6) is 0 Å². The normalized spacial score (nSPS) is 17.7.